The fourth-order valence-electron chi connectivity index (χ4n) is 2.57. The predicted molar refractivity (Wildman–Crippen MR) is 115 cm³/mol. The van der Waals surface area contributed by atoms with Crippen molar-refractivity contribution in [1.82, 2.24) is 0 Å². The second-order valence-electron chi connectivity index (χ2n) is 5.72. The molecule has 0 aliphatic carbocycles. The van der Waals surface area contributed by atoms with Crippen LogP contribution in [0.2, 0.25) is 0 Å². The van der Waals surface area contributed by atoms with Crippen LogP contribution in [0.5, 0.6) is 11.5 Å². The lowest BCUT2D eigenvalue weighted by atomic mass is 10.1. The number of carbonyl (C=O) groups excluding carboxylic acids is 1. The highest BCUT2D eigenvalue weighted by Crippen LogP contribution is 2.29. The van der Waals surface area contributed by atoms with Crippen molar-refractivity contribution in [3.05, 3.63) is 54.1 Å². The number of hydrogen-bond donors (Lipinski definition) is 2. The van der Waals surface area contributed by atoms with Crippen LogP contribution in [-0.2, 0) is 4.79 Å². The Labute approximate surface area is 164 Å². The van der Waals surface area contributed by atoms with E-state index in [9.17, 15) is 4.79 Å². The zero-order valence-electron chi connectivity index (χ0n) is 16.4. The first-order valence-electron chi connectivity index (χ1n) is 8.53. The monoisotopic (exact) mass is 380 g/mol. The van der Waals surface area contributed by atoms with Gasteiger partial charge in [-0.1, -0.05) is 12.1 Å². The minimum Gasteiger partial charge on any atom is -0.496 e. The maximum Gasteiger partial charge on any atom is 0.221 e. The van der Waals surface area contributed by atoms with Gasteiger partial charge in [0.2, 0.25) is 5.91 Å². The first-order chi connectivity index (χ1) is 13.5. The van der Waals surface area contributed by atoms with E-state index < -0.39 is 0 Å². The average Bonchev–Trinajstić information content (AvgIpc) is 2.70. The van der Waals surface area contributed by atoms with Crippen LogP contribution in [0.25, 0.3) is 5.70 Å². The number of methoxy groups -OCH3 is 2. The number of aliphatic imine (C=N–C) groups is 2. The van der Waals surface area contributed by atoms with E-state index in [1.807, 2.05) is 30.3 Å². The summed E-state index contributed by atoms with van der Waals surface area (Å²) in [5, 5.41) is 5.95. The molecule has 28 heavy (non-hydrogen) atoms. The molecule has 0 atom stereocenters. The Kier molecular flexibility index (Phi) is 7.33. The van der Waals surface area contributed by atoms with Gasteiger partial charge in [-0.05, 0) is 37.0 Å². The third kappa shape index (κ3) is 5.20. The number of amides is 1. The van der Waals surface area contributed by atoms with Crippen molar-refractivity contribution in [2.45, 2.75) is 6.92 Å². The molecule has 2 aromatic rings. The zero-order valence-corrected chi connectivity index (χ0v) is 16.4. The van der Waals surface area contributed by atoms with Crippen molar-refractivity contribution in [1.29, 1.82) is 0 Å². The molecule has 2 aromatic carbocycles. The van der Waals surface area contributed by atoms with Gasteiger partial charge < -0.3 is 20.1 Å². The Morgan fingerprint density at radius 1 is 1.07 bits per heavy atom. The normalized spacial score (nSPS) is 11.6. The van der Waals surface area contributed by atoms with Crippen molar-refractivity contribution < 1.29 is 14.3 Å². The van der Waals surface area contributed by atoms with Gasteiger partial charge in [0.05, 0.1) is 25.6 Å². The smallest absolute Gasteiger partial charge is 0.221 e. The molecule has 0 unspecified atom stereocenters. The van der Waals surface area contributed by atoms with Gasteiger partial charge in [-0.15, -0.1) is 0 Å². The maximum atomic E-state index is 11.4. The molecule has 7 heteroatoms. The van der Waals surface area contributed by atoms with Crippen LogP contribution in [0, 0.1) is 0 Å². The molecule has 0 aromatic heterocycles. The van der Waals surface area contributed by atoms with Gasteiger partial charge in [-0.3, -0.25) is 14.8 Å². The standard InChI is InChI=1S/C21H24N4O3/c1-14(26)24-18-12-15(10-11-20(18)28-5)25-21(23-3)13-17(22-2)16-8-6-7-9-19(16)27-4/h6-13H,2H2,1,3-5H3,(H,23,25)(H,24,26)/b17-13-. The highest BCUT2D eigenvalue weighted by molar-refractivity contribution is 6.08. The first kappa shape index (κ1) is 20.7. The van der Waals surface area contributed by atoms with Gasteiger partial charge in [0.15, 0.2) is 0 Å². The zero-order chi connectivity index (χ0) is 20.5. The van der Waals surface area contributed by atoms with Gasteiger partial charge in [0.1, 0.15) is 17.3 Å². The Morgan fingerprint density at radius 2 is 1.79 bits per heavy atom. The molecule has 0 bridgehead atoms. The van der Waals surface area contributed by atoms with Gasteiger partial charge >= 0.3 is 0 Å². The average molecular weight is 380 g/mol. The Hall–Kier alpha value is -3.61. The van der Waals surface area contributed by atoms with E-state index in [0.29, 0.717) is 28.7 Å². The number of anilines is 2. The minimum atomic E-state index is -0.186. The lowest BCUT2D eigenvalue weighted by Crippen LogP contribution is -2.11. The molecule has 7 nitrogen and oxygen atoms in total. The van der Waals surface area contributed by atoms with E-state index in [-0.39, 0.29) is 5.91 Å². The summed E-state index contributed by atoms with van der Waals surface area (Å²) in [7, 11) is 4.82. The first-order valence-corrected chi connectivity index (χ1v) is 8.53. The number of nitrogens with one attached hydrogen (secondary N) is 2. The number of carbonyl (C=O) groups is 1. The molecule has 2 rings (SSSR count). The number of ether oxygens (including phenoxy) is 2. The summed E-state index contributed by atoms with van der Waals surface area (Å²) >= 11 is 0. The maximum absolute atomic E-state index is 11.4. The third-order valence-electron chi connectivity index (χ3n) is 3.85. The highest BCUT2D eigenvalue weighted by atomic mass is 16.5. The molecular formula is C21H24N4O3. The third-order valence-corrected chi connectivity index (χ3v) is 3.85. The Balaban J connectivity index is 2.34. The molecule has 0 fully saturated rings. The van der Waals surface area contributed by atoms with E-state index >= 15 is 0 Å². The van der Waals surface area contributed by atoms with E-state index in [1.165, 1.54) is 6.92 Å². The van der Waals surface area contributed by atoms with Crippen LogP contribution in [0.4, 0.5) is 11.4 Å². The highest BCUT2D eigenvalue weighted by Gasteiger charge is 2.10. The molecule has 0 spiro atoms. The van der Waals surface area contributed by atoms with Crippen LogP contribution in [0.3, 0.4) is 0 Å². The number of hydrogen-bond acceptors (Lipinski definition) is 5. The Morgan fingerprint density at radius 3 is 2.39 bits per heavy atom. The van der Waals surface area contributed by atoms with Crippen molar-refractivity contribution in [2.75, 3.05) is 31.9 Å². The fraction of sp³-hybridized carbons (Fsp3) is 0.190. The summed E-state index contributed by atoms with van der Waals surface area (Å²) in [6, 6.07) is 12.9. The van der Waals surface area contributed by atoms with Gasteiger partial charge in [-0.2, -0.15) is 0 Å². The molecule has 0 heterocycles. The van der Waals surface area contributed by atoms with Crippen molar-refractivity contribution >= 4 is 35.5 Å². The quantitative estimate of drug-likeness (QED) is 0.565. The lowest BCUT2D eigenvalue weighted by molar-refractivity contribution is -0.114. The summed E-state index contributed by atoms with van der Waals surface area (Å²) in [6.07, 6.45) is 1.77. The number of nitrogens with zero attached hydrogens (tertiary/aromatic N) is 2. The summed E-state index contributed by atoms with van der Waals surface area (Å²) in [4.78, 5) is 19.8. The summed E-state index contributed by atoms with van der Waals surface area (Å²) in [6.45, 7) is 5.10. The summed E-state index contributed by atoms with van der Waals surface area (Å²) in [5.74, 6) is 1.63. The topological polar surface area (TPSA) is 84.3 Å². The molecular weight excluding hydrogens is 356 g/mol. The van der Waals surface area contributed by atoms with E-state index in [2.05, 4.69) is 27.3 Å². The number of amidine groups is 1. The minimum absolute atomic E-state index is 0.186. The fourth-order valence-corrected chi connectivity index (χ4v) is 2.57. The van der Waals surface area contributed by atoms with Crippen LogP contribution < -0.4 is 20.1 Å². The predicted octanol–water partition coefficient (Wildman–Crippen LogP) is 3.84. The largest absolute Gasteiger partial charge is 0.496 e. The molecule has 146 valence electrons. The molecule has 0 aliphatic rings. The van der Waals surface area contributed by atoms with Crippen LogP contribution in [0.15, 0.2) is 58.5 Å². The van der Waals surface area contributed by atoms with Crippen LogP contribution >= 0.6 is 0 Å². The van der Waals surface area contributed by atoms with E-state index in [1.54, 1.807) is 39.5 Å². The molecule has 0 radical (unpaired) electrons. The van der Waals surface area contributed by atoms with Gasteiger partial charge in [0.25, 0.3) is 0 Å². The summed E-state index contributed by atoms with van der Waals surface area (Å²) in [5.41, 5.74) is 2.70. The second kappa shape index (κ2) is 9.91. The molecule has 0 saturated carbocycles. The van der Waals surface area contributed by atoms with Crippen LogP contribution in [-0.4, -0.2) is 39.7 Å². The number of benzene rings is 2. The van der Waals surface area contributed by atoms with Gasteiger partial charge in [0, 0.05) is 31.3 Å². The molecule has 0 aliphatic heterocycles. The van der Waals surface area contributed by atoms with Crippen molar-refractivity contribution in [3.8, 4) is 11.5 Å². The van der Waals surface area contributed by atoms with Crippen LogP contribution in [0.1, 0.15) is 12.5 Å². The molecule has 2 N–H and O–H groups in total. The second-order valence-corrected chi connectivity index (χ2v) is 5.72. The summed E-state index contributed by atoms with van der Waals surface area (Å²) < 4.78 is 10.7. The lowest BCUT2D eigenvalue weighted by Gasteiger charge is -2.13. The Bertz CT molecular complexity index is 920. The SMILES string of the molecule is C=N/C(=C\C(=NC)Nc1ccc(OC)c(NC(C)=O)c1)c1ccccc1OC. The van der Waals surface area contributed by atoms with Gasteiger partial charge in [-0.25, -0.2) is 0 Å². The number of rotatable bonds is 7. The molecule has 0 saturated heterocycles. The van der Waals surface area contributed by atoms with Crippen molar-refractivity contribution in [3.63, 3.8) is 0 Å². The van der Waals surface area contributed by atoms with Crippen molar-refractivity contribution in [2.24, 2.45) is 9.98 Å². The number of para-hydroxylation sites is 1. The van der Waals surface area contributed by atoms with E-state index in [4.69, 9.17) is 9.47 Å². The molecule has 1 amide bonds. The van der Waals surface area contributed by atoms with E-state index in [0.717, 1.165) is 11.3 Å².